The van der Waals surface area contributed by atoms with Crippen LogP contribution >= 0.6 is 0 Å². The number of aromatic nitrogens is 2. The summed E-state index contributed by atoms with van der Waals surface area (Å²) in [5, 5.41) is 10.9. The third kappa shape index (κ3) is 2.45. The highest BCUT2D eigenvalue weighted by molar-refractivity contribution is 5.92. The van der Waals surface area contributed by atoms with Gasteiger partial charge in [0.25, 0.3) is 5.56 Å². The van der Waals surface area contributed by atoms with E-state index in [1.165, 1.54) is 11.6 Å². The molecule has 1 aromatic carbocycles. The number of fused-ring (bicyclic) bond motifs is 4. The average molecular weight is 394 g/mol. The SMILES string of the molecule is COC(C)c1cc2n(c(=O)c1CO)Cc1c-2nc2cc(F)c(C)c3c2c1CCC3. The maximum absolute atomic E-state index is 14.5. The molecule has 1 unspecified atom stereocenters. The van der Waals surface area contributed by atoms with Crippen LogP contribution in [0.5, 0.6) is 0 Å². The zero-order chi connectivity index (χ0) is 20.4. The first-order valence-corrected chi connectivity index (χ1v) is 10.00. The number of methoxy groups -OCH3 is 1. The van der Waals surface area contributed by atoms with E-state index in [9.17, 15) is 14.3 Å². The van der Waals surface area contributed by atoms with Gasteiger partial charge < -0.3 is 14.4 Å². The zero-order valence-corrected chi connectivity index (χ0v) is 16.8. The van der Waals surface area contributed by atoms with Crippen molar-refractivity contribution in [2.75, 3.05) is 7.11 Å². The summed E-state index contributed by atoms with van der Waals surface area (Å²) in [6.45, 7) is 3.78. The van der Waals surface area contributed by atoms with Crippen LogP contribution in [0.2, 0.25) is 0 Å². The maximum Gasteiger partial charge on any atom is 0.257 e. The maximum atomic E-state index is 14.5. The first kappa shape index (κ1) is 18.5. The highest BCUT2D eigenvalue weighted by Crippen LogP contribution is 2.41. The number of benzene rings is 1. The van der Waals surface area contributed by atoms with E-state index in [1.54, 1.807) is 11.7 Å². The lowest BCUT2D eigenvalue weighted by molar-refractivity contribution is 0.117. The lowest BCUT2D eigenvalue weighted by atomic mass is 9.85. The van der Waals surface area contributed by atoms with E-state index in [4.69, 9.17) is 9.72 Å². The second-order valence-corrected chi connectivity index (χ2v) is 8.02. The van der Waals surface area contributed by atoms with Crippen LogP contribution in [0.4, 0.5) is 4.39 Å². The first-order valence-electron chi connectivity index (χ1n) is 10.00. The molecule has 1 atom stereocenters. The van der Waals surface area contributed by atoms with Gasteiger partial charge in [-0.25, -0.2) is 9.37 Å². The van der Waals surface area contributed by atoms with Crippen molar-refractivity contribution in [2.45, 2.75) is 52.4 Å². The minimum absolute atomic E-state index is 0.212. The summed E-state index contributed by atoms with van der Waals surface area (Å²) in [5.41, 5.74) is 6.92. The second-order valence-electron chi connectivity index (χ2n) is 8.02. The van der Waals surface area contributed by atoms with Crippen molar-refractivity contribution in [3.63, 3.8) is 0 Å². The van der Waals surface area contributed by atoms with Gasteiger partial charge in [0.2, 0.25) is 0 Å². The molecule has 0 amide bonds. The van der Waals surface area contributed by atoms with Crippen LogP contribution in [0.25, 0.3) is 22.3 Å². The summed E-state index contributed by atoms with van der Waals surface area (Å²) in [7, 11) is 1.58. The van der Waals surface area contributed by atoms with Crippen LogP contribution < -0.4 is 5.56 Å². The molecule has 1 aliphatic carbocycles. The summed E-state index contributed by atoms with van der Waals surface area (Å²) in [4.78, 5) is 18.0. The van der Waals surface area contributed by atoms with Crippen molar-refractivity contribution in [1.29, 1.82) is 0 Å². The number of hydrogen-bond donors (Lipinski definition) is 1. The van der Waals surface area contributed by atoms with E-state index in [2.05, 4.69) is 0 Å². The minimum atomic E-state index is -0.338. The van der Waals surface area contributed by atoms with Gasteiger partial charge in [0.1, 0.15) is 5.82 Å². The van der Waals surface area contributed by atoms with Gasteiger partial charge in [0.05, 0.1) is 36.2 Å². The molecule has 3 heterocycles. The van der Waals surface area contributed by atoms with Gasteiger partial charge in [-0.2, -0.15) is 0 Å². The molecule has 0 fully saturated rings. The number of aliphatic hydroxyl groups is 1. The summed E-state index contributed by atoms with van der Waals surface area (Å²) < 4.78 is 21.6. The Balaban J connectivity index is 1.85. The van der Waals surface area contributed by atoms with Crippen molar-refractivity contribution in [3.8, 4) is 11.4 Å². The van der Waals surface area contributed by atoms with Crippen LogP contribution in [0.15, 0.2) is 16.9 Å². The van der Waals surface area contributed by atoms with Gasteiger partial charge in [0.15, 0.2) is 0 Å². The van der Waals surface area contributed by atoms with Crippen molar-refractivity contribution in [3.05, 3.63) is 61.7 Å². The van der Waals surface area contributed by atoms with Gasteiger partial charge in [-0.05, 0) is 61.4 Å². The molecule has 5 nitrogen and oxygen atoms in total. The Hall–Kier alpha value is -2.57. The van der Waals surface area contributed by atoms with E-state index in [0.29, 0.717) is 34.4 Å². The molecule has 0 spiro atoms. The third-order valence-electron chi connectivity index (χ3n) is 6.61. The largest absolute Gasteiger partial charge is 0.391 e. The van der Waals surface area contributed by atoms with Crippen molar-refractivity contribution >= 4 is 10.9 Å². The summed E-state index contributed by atoms with van der Waals surface area (Å²) in [6, 6.07) is 3.41. The number of nitrogens with zero attached hydrogens (tertiary/aromatic N) is 2. The van der Waals surface area contributed by atoms with Gasteiger partial charge >= 0.3 is 0 Å². The average Bonchev–Trinajstić information content (AvgIpc) is 3.10. The van der Waals surface area contributed by atoms with Crippen LogP contribution in [0, 0.1) is 12.7 Å². The molecule has 150 valence electrons. The highest BCUT2D eigenvalue weighted by atomic mass is 19.1. The molecule has 29 heavy (non-hydrogen) atoms. The summed E-state index contributed by atoms with van der Waals surface area (Å²) >= 11 is 0. The van der Waals surface area contributed by atoms with E-state index in [-0.39, 0.29) is 24.1 Å². The van der Waals surface area contributed by atoms with Gasteiger partial charge in [-0.1, -0.05) is 0 Å². The molecule has 0 saturated carbocycles. The molecule has 0 radical (unpaired) electrons. The predicted molar refractivity (Wildman–Crippen MR) is 109 cm³/mol. The summed E-state index contributed by atoms with van der Waals surface area (Å²) in [5.74, 6) is -0.229. The smallest absolute Gasteiger partial charge is 0.257 e. The minimum Gasteiger partial charge on any atom is -0.391 e. The highest BCUT2D eigenvalue weighted by Gasteiger charge is 2.31. The predicted octanol–water partition coefficient (Wildman–Crippen LogP) is 3.56. The van der Waals surface area contributed by atoms with E-state index >= 15 is 0 Å². The summed E-state index contributed by atoms with van der Waals surface area (Å²) in [6.07, 6.45) is 2.38. The Morgan fingerprint density at radius 3 is 2.76 bits per heavy atom. The van der Waals surface area contributed by atoms with Gasteiger partial charge in [0, 0.05) is 29.7 Å². The first-order chi connectivity index (χ1) is 14.0. The molecule has 5 rings (SSSR count). The molecule has 6 heteroatoms. The van der Waals surface area contributed by atoms with Crippen LogP contribution in [0.3, 0.4) is 0 Å². The quantitative estimate of drug-likeness (QED) is 0.577. The van der Waals surface area contributed by atoms with E-state index in [0.717, 1.165) is 41.5 Å². The van der Waals surface area contributed by atoms with E-state index < -0.39 is 0 Å². The van der Waals surface area contributed by atoms with Crippen LogP contribution in [-0.2, 0) is 30.7 Å². The zero-order valence-electron chi connectivity index (χ0n) is 16.8. The van der Waals surface area contributed by atoms with Gasteiger partial charge in [-0.15, -0.1) is 0 Å². The number of ether oxygens (including phenoxy) is 1. The fourth-order valence-electron chi connectivity index (χ4n) is 4.97. The molecule has 0 bridgehead atoms. The Morgan fingerprint density at radius 2 is 2.03 bits per heavy atom. The fraction of sp³-hybridized carbons (Fsp3) is 0.391. The van der Waals surface area contributed by atoms with Crippen molar-refractivity contribution in [2.24, 2.45) is 0 Å². The number of halogens is 1. The second kappa shape index (κ2) is 6.47. The normalized spacial score (nSPS) is 15.5. The molecule has 0 saturated heterocycles. The lowest BCUT2D eigenvalue weighted by Gasteiger charge is -2.21. The molecular weight excluding hydrogens is 371 g/mol. The van der Waals surface area contributed by atoms with Crippen molar-refractivity contribution < 1.29 is 14.2 Å². The molecule has 1 N–H and O–H groups in total. The Labute approximate surface area is 167 Å². The molecular formula is C23H23FN2O3. The standard InChI is InChI=1S/C23H23FN2O3/c1-11-13-5-4-6-14-16-9-26-20(22(16)25-19(21(13)14)8-18(11)24)7-15(12(2)29-3)17(10-27)23(26)28/h7-8,12,27H,4-6,9-10H2,1-3H3. The van der Waals surface area contributed by atoms with Gasteiger partial charge in [-0.3, -0.25) is 4.79 Å². The Kier molecular flexibility index (Phi) is 4.12. The number of aliphatic hydroxyl groups excluding tert-OH is 1. The van der Waals surface area contributed by atoms with Crippen LogP contribution in [-0.4, -0.2) is 21.8 Å². The third-order valence-corrected chi connectivity index (χ3v) is 6.61. The lowest BCUT2D eigenvalue weighted by Crippen LogP contribution is -2.26. The number of aryl methyl sites for hydroxylation is 2. The van der Waals surface area contributed by atoms with Crippen molar-refractivity contribution in [1.82, 2.24) is 9.55 Å². The number of rotatable bonds is 3. The molecule has 2 aliphatic rings. The van der Waals surface area contributed by atoms with E-state index in [1.807, 2.05) is 19.9 Å². The molecule has 1 aliphatic heterocycles. The Morgan fingerprint density at radius 1 is 1.28 bits per heavy atom. The fourth-order valence-corrected chi connectivity index (χ4v) is 4.97. The van der Waals surface area contributed by atoms with Crippen LogP contribution in [0.1, 0.15) is 52.8 Å². The monoisotopic (exact) mass is 394 g/mol. The topological polar surface area (TPSA) is 64.3 Å². The molecule has 2 aromatic heterocycles. The molecule has 3 aromatic rings. The Bertz CT molecular complexity index is 1250. The number of hydrogen-bond acceptors (Lipinski definition) is 4. The number of pyridine rings is 2.